The lowest BCUT2D eigenvalue weighted by atomic mass is 10.1. The Kier molecular flexibility index (Phi) is 5.57. The van der Waals surface area contributed by atoms with Crippen LogP contribution in [0.15, 0.2) is 24.3 Å². The monoisotopic (exact) mass is 331 g/mol. The van der Waals surface area contributed by atoms with Crippen LogP contribution in [0.3, 0.4) is 0 Å². The summed E-state index contributed by atoms with van der Waals surface area (Å²) in [6.07, 6.45) is 0.670. The minimum atomic E-state index is -1.01. The van der Waals surface area contributed by atoms with Gasteiger partial charge in [0.15, 0.2) is 6.61 Å². The second kappa shape index (κ2) is 7.63. The number of ether oxygens (including phenoxy) is 1. The number of rotatable bonds is 7. The summed E-state index contributed by atoms with van der Waals surface area (Å²) in [6, 6.07) is 7.14. The van der Waals surface area contributed by atoms with Crippen LogP contribution in [0.4, 0.5) is 0 Å². The van der Waals surface area contributed by atoms with E-state index in [1.54, 1.807) is 16.8 Å². The van der Waals surface area contributed by atoms with Gasteiger partial charge in [0.2, 0.25) is 0 Å². The van der Waals surface area contributed by atoms with Crippen LogP contribution in [0.1, 0.15) is 27.3 Å². The van der Waals surface area contributed by atoms with Crippen molar-refractivity contribution in [1.29, 1.82) is 0 Å². The zero-order chi connectivity index (χ0) is 17.7. The Morgan fingerprint density at radius 2 is 1.92 bits per heavy atom. The summed E-state index contributed by atoms with van der Waals surface area (Å²) in [5.41, 5.74) is 3.20. The molecule has 0 aliphatic rings. The molecule has 0 aliphatic carbocycles. The maximum atomic E-state index is 12.3. The molecule has 1 heterocycles. The lowest BCUT2D eigenvalue weighted by Crippen LogP contribution is -2.26. The fourth-order valence-electron chi connectivity index (χ4n) is 2.41. The lowest BCUT2D eigenvalue weighted by Gasteiger charge is -2.07. The number of amides is 1. The fourth-order valence-corrected chi connectivity index (χ4v) is 2.41. The Hall–Kier alpha value is -2.83. The Morgan fingerprint density at radius 1 is 1.25 bits per heavy atom. The topological polar surface area (TPSA) is 93.5 Å². The van der Waals surface area contributed by atoms with Crippen LogP contribution in [-0.4, -0.2) is 39.9 Å². The van der Waals surface area contributed by atoms with Crippen molar-refractivity contribution in [2.75, 3.05) is 13.2 Å². The van der Waals surface area contributed by atoms with Crippen molar-refractivity contribution < 1.29 is 19.4 Å². The van der Waals surface area contributed by atoms with Crippen molar-refractivity contribution in [3.05, 3.63) is 46.8 Å². The Balaban J connectivity index is 1.85. The minimum absolute atomic E-state index is 0.125. The number of carbonyl (C=O) groups is 2. The SMILES string of the molecule is Cc1nn(C)c(C)c1C(=O)NCCc1ccc(OCC(=O)O)cc1. The molecule has 24 heavy (non-hydrogen) atoms. The summed E-state index contributed by atoms with van der Waals surface area (Å²) in [4.78, 5) is 22.7. The van der Waals surface area contributed by atoms with E-state index in [9.17, 15) is 9.59 Å². The van der Waals surface area contributed by atoms with Gasteiger partial charge in [-0.2, -0.15) is 5.10 Å². The maximum Gasteiger partial charge on any atom is 0.341 e. The van der Waals surface area contributed by atoms with Gasteiger partial charge < -0.3 is 15.2 Å². The van der Waals surface area contributed by atoms with E-state index in [2.05, 4.69) is 10.4 Å². The first-order valence-corrected chi connectivity index (χ1v) is 7.60. The van der Waals surface area contributed by atoms with Crippen molar-refractivity contribution in [1.82, 2.24) is 15.1 Å². The van der Waals surface area contributed by atoms with Gasteiger partial charge in [0, 0.05) is 19.3 Å². The molecule has 0 saturated heterocycles. The molecule has 0 saturated carbocycles. The largest absolute Gasteiger partial charge is 0.482 e. The fraction of sp³-hybridized carbons (Fsp3) is 0.353. The number of aryl methyl sites for hydroxylation is 2. The highest BCUT2D eigenvalue weighted by atomic mass is 16.5. The van der Waals surface area contributed by atoms with Crippen LogP contribution < -0.4 is 10.1 Å². The van der Waals surface area contributed by atoms with Crippen molar-refractivity contribution in [3.8, 4) is 5.75 Å². The first-order chi connectivity index (χ1) is 11.4. The average Bonchev–Trinajstić information content (AvgIpc) is 2.79. The predicted molar refractivity (Wildman–Crippen MR) is 88.3 cm³/mol. The quantitative estimate of drug-likeness (QED) is 0.801. The molecule has 1 amide bonds. The number of nitrogens with one attached hydrogen (secondary N) is 1. The summed E-state index contributed by atoms with van der Waals surface area (Å²) in [5, 5.41) is 15.7. The average molecular weight is 331 g/mol. The molecule has 2 aromatic rings. The third kappa shape index (κ3) is 4.34. The van der Waals surface area contributed by atoms with E-state index in [1.165, 1.54) is 0 Å². The van der Waals surface area contributed by atoms with E-state index in [0.717, 1.165) is 11.3 Å². The highest BCUT2D eigenvalue weighted by molar-refractivity contribution is 5.96. The molecule has 7 heteroatoms. The van der Waals surface area contributed by atoms with Gasteiger partial charge in [-0.15, -0.1) is 0 Å². The molecule has 2 rings (SSSR count). The van der Waals surface area contributed by atoms with Gasteiger partial charge in [0.25, 0.3) is 5.91 Å². The second-order valence-corrected chi connectivity index (χ2v) is 5.50. The number of nitrogens with zero attached hydrogens (tertiary/aromatic N) is 2. The maximum absolute atomic E-state index is 12.3. The van der Waals surface area contributed by atoms with Crippen LogP contribution in [0.25, 0.3) is 0 Å². The van der Waals surface area contributed by atoms with Gasteiger partial charge in [-0.3, -0.25) is 9.48 Å². The van der Waals surface area contributed by atoms with Crippen molar-refractivity contribution in [2.45, 2.75) is 20.3 Å². The standard InChI is InChI=1S/C17H21N3O4/c1-11-16(12(2)20(3)19-11)17(23)18-9-8-13-4-6-14(7-5-13)24-10-15(21)22/h4-7H,8-10H2,1-3H3,(H,18,23)(H,21,22). The molecule has 0 radical (unpaired) electrons. The first-order valence-electron chi connectivity index (χ1n) is 7.60. The molecule has 0 unspecified atom stereocenters. The van der Waals surface area contributed by atoms with Crippen molar-refractivity contribution in [2.24, 2.45) is 7.05 Å². The lowest BCUT2D eigenvalue weighted by molar-refractivity contribution is -0.139. The Labute approximate surface area is 140 Å². The molecule has 0 aliphatic heterocycles. The summed E-state index contributed by atoms with van der Waals surface area (Å²) in [6.45, 7) is 3.82. The molecule has 2 N–H and O–H groups in total. The molecule has 1 aromatic carbocycles. The summed E-state index contributed by atoms with van der Waals surface area (Å²) in [5.74, 6) is -0.630. The molecule has 0 spiro atoms. The second-order valence-electron chi connectivity index (χ2n) is 5.50. The van der Waals surface area contributed by atoms with Crippen molar-refractivity contribution >= 4 is 11.9 Å². The smallest absolute Gasteiger partial charge is 0.341 e. The number of hydrogen-bond donors (Lipinski definition) is 2. The van der Waals surface area contributed by atoms with Gasteiger partial charge in [0.05, 0.1) is 11.3 Å². The highest BCUT2D eigenvalue weighted by Crippen LogP contribution is 2.13. The molecule has 0 bridgehead atoms. The molecule has 128 valence electrons. The summed E-state index contributed by atoms with van der Waals surface area (Å²) in [7, 11) is 1.81. The minimum Gasteiger partial charge on any atom is -0.482 e. The molecular weight excluding hydrogens is 310 g/mol. The molecular formula is C17H21N3O4. The molecule has 0 atom stereocenters. The summed E-state index contributed by atoms with van der Waals surface area (Å²) >= 11 is 0. The van der Waals surface area contributed by atoms with E-state index < -0.39 is 5.97 Å². The van der Waals surface area contributed by atoms with Gasteiger partial charge in [-0.25, -0.2) is 4.79 Å². The number of aliphatic carboxylic acids is 1. The Bertz CT molecular complexity index is 735. The number of aromatic nitrogens is 2. The van der Waals surface area contributed by atoms with E-state index in [-0.39, 0.29) is 12.5 Å². The molecule has 7 nitrogen and oxygen atoms in total. The third-order valence-electron chi connectivity index (χ3n) is 3.72. The van der Waals surface area contributed by atoms with E-state index in [4.69, 9.17) is 9.84 Å². The normalized spacial score (nSPS) is 10.5. The van der Waals surface area contributed by atoms with E-state index in [0.29, 0.717) is 30.0 Å². The first kappa shape index (κ1) is 17.5. The number of hydrogen-bond acceptors (Lipinski definition) is 4. The van der Waals surface area contributed by atoms with E-state index >= 15 is 0 Å². The van der Waals surface area contributed by atoms with Gasteiger partial charge in [0.1, 0.15) is 5.75 Å². The predicted octanol–water partition coefficient (Wildman–Crippen LogP) is 1.47. The zero-order valence-electron chi connectivity index (χ0n) is 14.0. The van der Waals surface area contributed by atoms with Crippen LogP contribution in [0.2, 0.25) is 0 Å². The number of carbonyl (C=O) groups excluding carboxylic acids is 1. The van der Waals surface area contributed by atoms with Crippen LogP contribution in [-0.2, 0) is 18.3 Å². The van der Waals surface area contributed by atoms with Gasteiger partial charge in [-0.05, 0) is 38.0 Å². The van der Waals surface area contributed by atoms with Gasteiger partial charge >= 0.3 is 5.97 Å². The van der Waals surface area contributed by atoms with E-state index in [1.807, 2.05) is 33.0 Å². The third-order valence-corrected chi connectivity index (χ3v) is 3.72. The number of benzene rings is 1. The Morgan fingerprint density at radius 3 is 2.46 bits per heavy atom. The van der Waals surface area contributed by atoms with Crippen LogP contribution >= 0.6 is 0 Å². The summed E-state index contributed by atoms with van der Waals surface area (Å²) < 4.78 is 6.77. The van der Waals surface area contributed by atoms with Gasteiger partial charge in [-0.1, -0.05) is 12.1 Å². The number of carboxylic acid groups (broad SMARTS) is 1. The molecule has 0 fully saturated rings. The van der Waals surface area contributed by atoms with Crippen molar-refractivity contribution in [3.63, 3.8) is 0 Å². The van der Waals surface area contributed by atoms with Crippen LogP contribution in [0, 0.1) is 13.8 Å². The van der Waals surface area contributed by atoms with Crippen LogP contribution in [0.5, 0.6) is 5.75 Å². The number of carboxylic acids is 1. The molecule has 1 aromatic heterocycles. The zero-order valence-corrected chi connectivity index (χ0v) is 14.0. The highest BCUT2D eigenvalue weighted by Gasteiger charge is 2.16.